The molecule has 1 saturated heterocycles. The minimum atomic E-state index is -1.43. The third kappa shape index (κ3) is 2.15. The van der Waals surface area contributed by atoms with Crippen LogP contribution < -0.4 is 0 Å². The summed E-state index contributed by atoms with van der Waals surface area (Å²) in [5, 5.41) is 0. The molecule has 0 amide bonds. The molecule has 2 fully saturated rings. The molecule has 1 nitrogen and oxygen atoms in total. The van der Waals surface area contributed by atoms with Crippen LogP contribution >= 0.6 is 0 Å². The largest absolute Gasteiger partial charge is 0.297 e. The molecule has 2 rings (SSSR count). The third-order valence-electron chi connectivity index (χ3n) is 4.18. The van der Waals surface area contributed by atoms with Crippen molar-refractivity contribution in [2.45, 2.75) is 52.0 Å². The van der Waals surface area contributed by atoms with E-state index in [9.17, 15) is 8.78 Å². The van der Waals surface area contributed by atoms with Gasteiger partial charge in [0.15, 0.2) is 0 Å². The molecule has 3 heteroatoms. The van der Waals surface area contributed by atoms with E-state index in [2.05, 4.69) is 25.7 Å². The van der Waals surface area contributed by atoms with Gasteiger partial charge in [0.05, 0.1) is 0 Å². The third-order valence-corrected chi connectivity index (χ3v) is 4.18. The lowest BCUT2D eigenvalue weighted by molar-refractivity contribution is -0.0737. The zero-order valence-corrected chi connectivity index (χ0v) is 10.4. The standard InChI is InChI=1S/C13H21F2N/c1-12(2,3)16-8-13(9-16)6-4-10(5-7-13)11(14)15/h4-9H2,1-3H3. The molecule has 1 saturated carbocycles. The summed E-state index contributed by atoms with van der Waals surface area (Å²) in [7, 11) is 0. The van der Waals surface area contributed by atoms with Gasteiger partial charge in [-0.2, -0.15) is 8.78 Å². The molecule has 0 aromatic rings. The fraction of sp³-hybridized carbons (Fsp3) is 0.846. The molecule has 0 aromatic carbocycles. The quantitative estimate of drug-likeness (QED) is 0.610. The van der Waals surface area contributed by atoms with E-state index >= 15 is 0 Å². The van der Waals surface area contributed by atoms with Gasteiger partial charge < -0.3 is 0 Å². The molecule has 0 aromatic heterocycles. The maximum Gasteiger partial charge on any atom is 0.269 e. The van der Waals surface area contributed by atoms with Crippen LogP contribution in [-0.4, -0.2) is 23.5 Å². The van der Waals surface area contributed by atoms with Gasteiger partial charge in [0.1, 0.15) is 0 Å². The van der Waals surface area contributed by atoms with Gasteiger partial charge in [-0.05, 0) is 57.4 Å². The van der Waals surface area contributed by atoms with Gasteiger partial charge in [0.2, 0.25) is 0 Å². The van der Waals surface area contributed by atoms with Crippen molar-refractivity contribution in [3.63, 3.8) is 0 Å². The Morgan fingerprint density at radius 3 is 2.00 bits per heavy atom. The minimum Gasteiger partial charge on any atom is -0.297 e. The van der Waals surface area contributed by atoms with E-state index in [-0.39, 0.29) is 5.54 Å². The highest BCUT2D eigenvalue weighted by molar-refractivity contribution is 5.12. The van der Waals surface area contributed by atoms with Gasteiger partial charge in [0.25, 0.3) is 6.08 Å². The fourth-order valence-corrected chi connectivity index (χ4v) is 2.83. The molecule has 0 radical (unpaired) electrons. The van der Waals surface area contributed by atoms with Crippen LogP contribution in [0.4, 0.5) is 8.78 Å². The number of halogens is 2. The molecule has 1 spiro atoms. The molecule has 1 aliphatic heterocycles. The summed E-state index contributed by atoms with van der Waals surface area (Å²) in [5.41, 5.74) is 0.985. The van der Waals surface area contributed by atoms with Crippen molar-refractivity contribution in [2.24, 2.45) is 5.41 Å². The van der Waals surface area contributed by atoms with Crippen LogP contribution in [0.3, 0.4) is 0 Å². The van der Waals surface area contributed by atoms with Gasteiger partial charge in [-0.3, -0.25) is 4.90 Å². The summed E-state index contributed by atoms with van der Waals surface area (Å²) in [5.74, 6) is 0. The Morgan fingerprint density at radius 1 is 1.12 bits per heavy atom. The van der Waals surface area contributed by atoms with E-state index in [0.717, 1.165) is 25.9 Å². The first-order valence-corrected chi connectivity index (χ1v) is 6.11. The van der Waals surface area contributed by atoms with E-state index in [0.29, 0.717) is 23.8 Å². The van der Waals surface area contributed by atoms with E-state index in [1.807, 2.05) is 0 Å². The summed E-state index contributed by atoms with van der Waals surface area (Å²) in [6.07, 6.45) is 1.70. The van der Waals surface area contributed by atoms with Crippen LogP contribution in [0.2, 0.25) is 0 Å². The molecule has 0 atom stereocenters. The molecular weight excluding hydrogens is 208 g/mol. The lowest BCUT2D eigenvalue weighted by Crippen LogP contribution is -2.63. The first-order chi connectivity index (χ1) is 7.32. The first-order valence-electron chi connectivity index (χ1n) is 6.11. The van der Waals surface area contributed by atoms with E-state index in [4.69, 9.17) is 0 Å². The molecule has 0 bridgehead atoms. The Morgan fingerprint density at radius 2 is 1.62 bits per heavy atom. The Labute approximate surface area is 96.5 Å². The molecule has 1 heterocycles. The molecule has 0 unspecified atom stereocenters. The normalized spacial score (nSPS) is 25.7. The van der Waals surface area contributed by atoms with Crippen LogP contribution in [0, 0.1) is 5.41 Å². The second-order valence-electron chi connectivity index (χ2n) is 6.39. The van der Waals surface area contributed by atoms with Gasteiger partial charge in [-0.25, -0.2) is 0 Å². The van der Waals surface area contributed by atoms with E-state index < -0.39 is 6.08 Å². The molecule has 0 N–H and O–H groups in total. The molecule has 16 heavy (non-hydrogen) atoms. The van der Waals surface area contributed by atoms with Crippen molar-refractivity contribution in [3.05, 3.63) is 11.7 Å². The average Bonchev–Trinajstić information content (AvgIpc) is 2.12. The molecule has 2 aliphatic rings. The molecule has 92 valence electrons. The van der Waals surface area contributed by atoms with Crippen molar-refractivity contribution < 1.29 is 8.78 Å². The lowest BCUT2D eigenvalue weighted by atomic mass is 9.66. The predicted molar refractivity (Wildman–Crippen MR) is 61.5 cm³/mol. The summed E-state index contributed by atoms with van der Waals surface area (Å²) in [6.45, 7) is 8.84. The Balaban J connectivity index is 1.90. The monoisotopic (exact) mass is 229 g/mol. The summed E-state index contributed by atoms with van der Waals surface area (Å²) < 4.78 is 24.9. The highest BCUT2D eigenvalue weighted by atomic mass is 19.3. The van der Waals surface area contributed by atoms with Crippen LogP contribution in [0.25, 0.3) is 0 Å². The molecule has 1 aliphatic carbocycles. The van der Waals surface area contributed by atoms with Gasteiger partial charge in [0, 0.05) is 18.6 Å². The van der Waals surface area contributed by atoms with E-state index in [1.165, 1.54) is 0 Å². The SMILES string of the molecule is CC(C)(C)N1CC2(CCC(=C(F)F)CC2)C1. The fourth-order valence-electron chi connectivity index (χ4n) is 2.83. The highest BCUT2D eigenvalue weighted by Gasteiger charge is 2.47. The van der Waals surface area contributed by atoms with Crippen LogP contribution in [0.15, 0.2) is 11.7 Å². The van der Waals surface area contributed by atoms with Crippen molar-refractivity contribution in [1.82, 2.24) is 4.90 Å². The highest BCUT2D eigenvalue weighted by Crippen LogP contribution is 2.48. The van der Waals surface area contributed by atoms with Crippen LogP contribution in [-0.2, 0) is 0 Å². The number of allylic oxidation sites excluding steroid dienone is 1. The van der Waals surface area contributed by atoms with Crippen molar-refractivity contribution in [2.75, 3.05) is 13.1 Å². The first kappa shape index (κ1) is 12.0. The zero-order valence-electron chi connectivity index (χ0n) is 10.4. The number of rotatable bonds is 0. The van der Waals surface area contributed by atoms with Gasteiger partial charge in [-0.15, -0.1) is 0 Å². The predicted octanol–water partition coefficient (Wildman–Crippen LogP) is 3.81. The lowest BCUT2D eigenvalue weighted by Gasteiger charge is -2.57. The average molecular weight is 229 g/mol. The Kier molecular flexibility index (Phi) is 2.85. The second kappa shape index (κ2) is 3.80. The second-order valence-corrected chi connectivity index (χ2v) is 6.39. The van der Waals surface area contributed by atoms with Crippen molar-refractivity contribution in [3.8, 4) is 0 Å². The topological polar surface area (TPSA) is 3.24 Å². The summed E-state index contributed by atoms with van der Waals surface area (Å²) >= 11 is 0. The van der Waals surface area contributed by atoms with Gasteiger partial charge >= 0.3 is 0 Å². The maximum absolute atomic E-state index is 12.4. The maximum atomic E-state index is 12.4. The molecular formula is C13H21F2N. The van der Waals surface area contributed by atoms with Crippen LogP contribution in [0.1, 0.15) is 46.5 Å². The zero-order chi connectivity index (χ0) is 12.0. The number of nitrogens with zero attached hydrogens (tertiary/aromatic N) is 1. The van der Waals surface area contributed by atoms with Crippen molar-refractivity contribution >= 4 is 0 Å². The van der Waals surface area contributed by atoms with E-state index in [1.54, 1.807) is 0 Å². The smallest absolute Gasteiger partial charge is 0.269 e. The Hall–Kier alpha value is -0.440. The van der Waals surface area contributed by atoms with Gasteiger partial charge in [-0.1, -0.05) is 0 Å². The summed E-state index contributed by atoms with van der Waals surface area (Å²) in [4.78, 5) is 2.45. The van der Waals surface area contributed by atoms with Crippen LogP contribution in [0.5, 0.6) is 0 Å². The number of likely N-dealkylation sites (tertiary alicyclic amines) is 1. The van der Waals surface area contributed by atoms with Crippen molar-refractivity contribution in [1.29, 1.82) is 0 Å². The Bertz CT molecular complexity index is 292. The number of hydrogen-bond donors (Lipinski definition) is 0. The number of hydrogen-bond acceptors (Lipinski definition) is 1. The minimum absolute atomic E-state index is 0.229. The summed E-state index contributed by atoms with van der Waals surface area (Å²) in [6, 6.07) is 0.